The predicted octanol–water partition coefficient (Wildman–Crippen LogP) is 1.00. The van der Waals surface area contributed by atoms with Gasteiger partial charge < -0.3 is 15.1 Å². The summed E-state index contributed by atoms with van der Waals surface area (Å²) in [5.41, 5.74) is 0. The molecule has 1 saturated heterocycles. The number of aliphatic imine (C=N–C) groups is 1. The van der Waals surface area contributed by atoms with E-state index in [0.717, 1.165) is 37.1 Å². The minimum atomic E-state index is 0. The molecule has 20 heavy (non-hydrogen) atoms. The average Bonchev–Trinajstić information content (AvgIpc) is 2.93. The molecule has 0 radical (unpaired) electrons. The number of thiazole rings is 1. The van der Waals surface area contributed by atoms with Crippen LogP contribution in [0.2, 0.25) is 0 Å². The Morgan fingerprint density at radius 2 is 2.05 bits per heavy atom. The van der Waals surface area contributed by atoms with Gasteiger partial charge in [0.1, 0.15) is 5.01 Å². The van der Waals surface area contributed by atoms with Gasteiger partial charge in [-0.05, 0) is 0 Å². The van der Waals surface area contributed by atoms with E-state index in [1.807, 2.05) is 10.3 Å². The lowest BCUT2D eigenvalue weighted by atomic mass is 10.3. The molecule has 1 amide bonds. The van der Waals surface area contributed by atoms with Crippen LogP contribution in [0.5, 0.6) is 0 Å². The minimum absolute atomic E-state index is 0. The summed E-state index contributed by atoms with van der Waals surface area (Å²) in [6, 6.07) is 0. The zero-order chi connectivity index (χ0) is 13.7. The number of piperazine rings is 1. The maximum atomic E-state index is 11.3. The highest BCUT2D eigenvalue weighted by molar-refractivity contribution is 14.0. The minimum Gasteiger partial charge on any atom is -0.350 e. The summed E-state index contributed by atoms with van der Waals surface area (Å²) in [6.45, 7) is 5.46. The third-order valence-corrected chi connectivity index (χ3v) is 3.90. The summed E-state index contributed by atoms with van der Waals surface area (Å²) in [5, 5.41) is 6.31. The third-order valence-electron chi connectivity index (χ3n) is 3.12. The summed E-state index contributed by atoms with van der Waals surface area (Å²) in [4.78, 5) is 23.8. The second kappa shape index (κ2) is 8.40. The molecule has 0 bridgehead atoms. The van der Waals surface area contributed by atoms with Crippen molar-refractivity contribution in [3.05, 3.63) is 16.6 Å². The number of aromatic nitrogens is 1. The normalized spacial score (nSPS) is 15.8. The van der Waals surface area contributed by atoms with Crippen LogP contribution in [0.15, 0.2) is 16.6 Å². The van der Waals surface area contributed by atoms with Crippen LogP contribution in [0.1, 0.15) is 11.9 Å². The van der Waals surface area contributed by atoms with Crippen LogP contribution >= 0.6 is 35.3 Å². The van der Waals surface area contributed by atoms with Gasteiger partial charge in [-0.2, -0.15) is 0 Å². The van der Waals surface area contributed by atoms with Crippen molar-refractivity contribution < 1.29 is 4.79 Å². The van der Waals surface area contributed by atoms with E-state index in [-0.39, 0.29) is 29.9 Å². The van der Waals surface area contributed by atoms with Crippen molar-refractivity contribution in [3.8, 4) is 0 Å². The predicted molar refractivity (Wildman–Crippen MR) is 91.6 cm³/mol. The van der Waals surface area contributed by atoms with Crippen molar-refractivity contribution in [2.45, 2.75) is 13.5 Å². The highest BCUT2D eigenvalue weighted by Crippen LogP contribution is 2.05. The summed E-state index contributed by atoms with van der Waals surface area (Å²) in [7, 11) is 1.78. The van der Waals surface area contributed by atoms with Crippen molar-refractivity contribution in [2.75, 3.05) is 33.2 Å². The summed E-state index contributed by atoms with van der Waals surface area (Å²) in [5.74, 6) is 1.02. The number of rotatable bonds is 2. The van der Waals surface area contributed by atoms with E-state index in [9.17, 15) is 4.79 Å². The quantitative estimate of drug-likeness (QED) is 0.450. The molecule has 0 unspecified atom stereocenters. The standard InChI is InChI=1S/C12H19N5OS.HI/c1-10(18)16-4-6-17(7-5-16)12(13-2)15-9-11-14-3-8-19-11;/h3,8H,4-7,9H2,1-2H3,(H,13,15);1H. The zero-order valence-corrected chi connectivity index (χ0v) is 14.9. The Bertz CT molecular complexity index is 443. The van der Waals surface area contributed by atoms with Gasteiger partial charge in [0, 0.05) is 51.7 Å². The molecule has 0 saturated carbocycles. The first-order valence-electron chi connectivity index (χ1n) is 6.30. The molecule has 1 fully saturated rings. The van der Waals surface area contributed by atoms with E-state index in [2.05, 4.69) is 20.2 Å². The summed E-state index contributed by atoms with van der Waals surface area (Å²) >= 11 is 1.63. The monoisotopic (exact) mass is 409 g/mol. The van der Waals surface area contributed by atoms with Crippen LogP contribution in [0.4, 0.5) is 0 Å². The van der Waals surface area contributed by atoms with Gasteiger partial charge in [0.25, 0.3) is 0 Å². The van der Waals surface area contributed by atoms with Crippen LogP contribution in [-0.4, -0.2) is 59.9 Å². The smallest absolute Gasteiger partial charge is 0.219 e. The molecule has 2 rings (SSSR count). The van der Waals surface area contributed by atoms with Crippen LogP contribution < -0.4 is 5.32 Å². The number of hydrogen-bond donors (Lipinski definition) is 1. The molecule has 6 nitrogen and oxygen atoms in total. The van der Waals surface area contributed by atoms with Gasteiger partial charge in [0.2, 0.25) is 5.91 Å². The van der Waals surface area contributed by atoms with E-state index in [1.165, 1.54) is 0 Å². The number of nitrogens with zero attached hydrogens (tertiary/aromatic N) is 4. The highest BCUT2D eigenvalue weighted by atomic mass is 127. The van der Waals surface area contributed by atoms with Crippen molar-refractivity contribution in [1.82, 2.24) is 20.1 Å². The van der Waals surface area contributed by atoms with E-state index in [0.29, 0.717) is 6.54 Å². The molecule has 0 spiro atoms. The lowest BCUT2D eigenvalue weighted by Gasteiger charge is -2.36. The largest absolute Gasteiger partial charge is 0.350 e. The van der Waals surface area contributed by atoms with Gasteiger partial charge >= 0.3 is 0 Å². The number of nitrogens with one attached hydrogen (secondary N) is 1. The second-order valence-corrected chi connectivity index (χ2v) is 5.30. The average molecular weight is 409 g/mol. The number of guanidine groups is 1. The third kappa shape index (κ3) is 4.58. The maximum Gasteiger partial charge on any atom is 0.219 e. The molecule has 1 aromatic heterocycles. The van der Waals surface area contributed by atoms with Crippen molar-refractivity contribution in [1.29, 1.82) is 0 Å². The Morgan fingerprint density at radius 3 is 2.55 bits per heavy atom. The first-order valence-corrected chi connectivity index (χ1v) is 7.18. The lowest BCUT2D eigenvalue weighted by Crippen LogP contribution is -2.53. The Labute approximate surface area is 140 Å². The van der Waals surface area contributed by atoms with Gasteiger partial charge in [-0.1, -0.05) is 0 Å². The number of amides is 1. The molecule has 1 aromatic rings. The van der Waals surface area contributed by atoms with Gasteiger partial charge in [-0.15, -0.1) is 35.3 Å². The van der Waals surface area contributed by atoms with Gasteiger partial charge in [0.05, 0.1) is 6.54 Å². The molecule has 1 aliphatic rings. The van der Waals surface area contributed by atoms with Crippen LogP contribution in [0, 0.1) is 0 Å². The first kappa shape index (κ1) is 17.2. The van der Waals surface area contributed by atoms with E-state index >= 15 is 0 Å². The fraction of sp³-hybridized carbons (Fsp3) is 0.583. The second-order valence-electron chi connectivity index (χ2n) is 4.32. The lowest BCUT2D eigenvalue weighted by molar-refractivity contribution is -0.130. The van der Waals surface area contributed by atoms with E-state index in [1.54, 1.807) is 31.5 Å². The van der Waals surface area contributed by atoms with Crippen LogP contribution in [0.3, 0.4) is 0 Å². The van der Waals surface area contributed by atoms with E-state index < -0.39 is 0 Å². The molecule has 1 aliphatic heterocycles. The Balaban J connectivity index is 0.00000200. The van der Waals surface area contributed by atoms with Crippen molar-refractivity contribution in [2.24, 2.45) is 4.99 Å². The molecular formula is C12H20IN5OS. The van der Waals surface area contributed by atoms with Crippen molar-refractivity contribution >= 4 is 47.2 Å². The maximum absolute atomic E-state index is 11.3. The molecule has 0 aromatic carbocycles. The Morgan fingerprint density at radius 1 is 1.40 bits per heavy atom. The molecule has 2 heterocycles. The Kier molecular flexibility index (Phi) is 7.20. The van der Waals surface area contributed by atoms with Gasteiger partial charge in [0.15, 0.2) is 5.96 Å². The van der Waals surface area contributed by atoms with Crippen molar-refractivity contribution in [3.63, 3.8) is 0 Å². The highest BCUT2D eigenvalue weighted by Gasteiger charge is 2.20. The fourth-order valence-electron chi connectivity index (χ4n) is 2.06. The van der Waals surface area contributed by atoms with Gasteiger partial charge in [-0.25, -0.2) is 4.98 Å². The van der Waals surface area contributed by atoms with Crippen LogP contribution in [0.25, 0.3) is 0 Å². The molecular weight excluding hydrogens is 389 g/mol. The topological polar surface area (TPSA) is 60.8 Å². The summed E-state index contributed by atoms with van der Waals surface area (Å²) in [6.07, 6.45) is 1.80. The number of halogens is 1. The van der Waals surface area contributed by atoms with Gasteiger partial charge in [-0.3, -0.25) is 9.79 Å². The molecule has 0 atom stereocenters. The number of carbonyl (C=O) groups excluding carboxylic acids is 1. The number of hydrogen-bond acceptors (Lipinski definition) is 4. The molecule has 8 heteroatoms. The van der Waals surface area contributed by atoms with Crippen LogP contribution in [-0.2, 0) is 11.3 Å². The van der Waals surface area contributed by atoms with E-state index in [4.69, 9.17) is 0 Å². The zero-order valence-electron chi connectivity index (χ0n) is 11.7. The number of carbonyl (C=O) groups is 1. The SMILES string of the molecule is CN=C(NCc1nccs1)N1CCN(C(C)=O)CC1.I. The molecule has 1 N–H and O–H groups in total. The Hall–Kier alpha value is -0.900. The summed E-state index contributed by atoms with van der Waals surface area (Å²) < 4.78 is 0. The first-order chi connectivity index (χ1) is 9.20. The fourth-order valence-corrected chi connectivity index (χ4v) is 2.62. The molecule has 112 valence electrons. The molecule has 0 aliphatic carbocycles.